The number of piperidine rings is 1. The van der Waals surface area contributed by atoms with E-state index < -0.39 is 24.0 Å². The Kier molecular flexibility index (Phi) is 6.77. The Morgan fingerprint density at radius 3 is 2.49 bits per heavy atom. The van der Waals surface area contributed by atoms with Crippen molar-refractivity contribution in [2.24, 2.45) is 0 Å². The second kappa shape index (κ2) is 9.88. The molecule has 2 heterocycles. The SMILES string of the molecule is CCCCC1(C(=O)NCC(F)(F)F)C(N2CCC(N3Cc4ccccc4C3=O)CC2)=Cc2ccccc21. The number of likely N-dealkylation sites (tertiary alicyclic amines) is 1. The molecule has 8 heteroatoms. The van der Waals surface area contributed by atoms with Crippen LogP contribution in [0.15, 0.2) is 54.2 Å². The fraction of sp³-hybridized carbons (Fsp3) is 0.448. The first-order chi connectivity index (χ1) is 17.7. The number of carbonyl (C=O) groups excluding carboxylic acids is 2. The molecular formula is C29H32F3N3O2. The van der Waals surface area contributed by atoms with E-state index in [1.807, 2.05) is 66.4 Å². The molecule has 0 bridgehead atoms. The molecule has 1 atom stereocenters. The fourth-order valence-electron chi connectivity index (χ4n) is 6.16. The highest BCUT2D eigenvalue weighted by molar-refractivity contribution is 5.98. The first-order valence-corrected chi connectivity index (χ1v) is 13.0. The zero-order chi connectivity index (χ0) is 26.2. The maximum absolute atomic E-state index is 13.6. The molecule has 0 saturated carbocycles. The van der Waals surface area contributed by atoms with E-state index in [2.05, 4.69) is 10.2 Å². The Bertz CT molecular complexity index is 1220. The van der Waals surface area contributed by atoms with Gasteiger partial charge < -0.3 is 15.1 Å². The predicted octanol–water partition coefficient (Wildman–Crippen LogP) is 5.27. The Balaban J connectivity index is 1.39. The number of alkyl halides is 3. The number of nitrogens with zero attached hydrogens (tertiary/aromatic N) is 2. The number of nitrogens with one attached hydrogen (secondary N) is 1. The minimum absolute atomic E-state index is 0.0605. The van der Waals surface area contributed by atoms with Crippen molar-refractivity contribution in [2.45, 2.75) is 63.2 Å². The highest BCUT2D eigenvalue weighted by atomic mass is 19.4. The summed E-state index contributed by atoms with van der Waals surface area (Å²) in [5, 5.41) is 2.21. The lowest BCUT2D eigenvalue weighted by molar-refractivity contribution is -0.141. The van der Waals surface area contributed by atoms with E-state index in [0.717, 1.165) is 47.2 Å². The van der Waals surface area contributed by atoms with Crippen LogP contribution < -0.4 is 5.32 Å². The average molecular weight is 512 g/mol. The van der Waals surface area contributed by atoms with Gasteiger partial charge in [-0.3, -0.25) is 9.59 Å². The van der Waals surface area contributed by atoms with Crippen molar-refractivity contribution in [1.29, 1.82) is 0 Å². The third-order valence-electron chi connectivity index (χ3n) is 7.99. The highest BCUT2D eigenvalue weighted by Gasteiger charge is 2.50. The predicted molar refractivity (Wildman–Crippen MR) is 136 cm³/mol. The van der Waals surface area contributed by atoms with Crippen LogP contribution in [0.3, 0.4) is 0 Å². The molecule has 1 unspecified atom stereocenters. The minimum Gasteiger partial charge on any atom is -0.373 e. The zero-order valence-electron chi connectivity index (χ0n) is 21.0. The van der Waals surface area contributed by atoms with E-state index in [1.54, 1.807) is 0 Å². The molecule has 5 rings (SSSR count). The number of halogens is 3. The molecule has 196 valence electrons. The molecule has 5 nitrogen and oxygen atoms in total. The van der Waals surface area contributed by atoms with Gasteiger partial charge in [0.05, 0.1) is 0 Å². The van der Waals surface area contributed by atoms with Gasteiger partial charge in [-0.05, 0) is 48.1 Å². The van der Waals surface area contributed by atoms with Crippen LogP contribution in [-0.2, 0) is 16.8 Å². The van der Waals surface area contributed by atoms with Crippen LogP contribution in [0.4, 0.5) is 13.2 Å². The van der Waals surface area contributed by atoms with Gasteiger partial charge in [-0.1, -0.05) is 62.2 Å². The molecule has 3 aliphatic rings. The summed E-state index contributed by atoms with van der Waals surface area (Å²) in [5.74, 6) is -0.535. The minimum atomic E-state index is -4.48. The maximum Gasteiger partial charge on any atom is 0.405 e. The second-order valence-electron chi connectivity index (χ2n) is 10.2. The molecule has 37 heavy (non-hydrogen) atoms. The van der Waals surface area contributed by atoms with Crippen molar-refractivity contribution < 1.29 is 22.8 Å². The maximum atomic E-state index is 13.6. The number of fused-ring (bicyclic) bond motifs is 2. The van der Waals surface area contributed by atoms with Crippen LogP contribution in [0.2, 0.25) is 0 Å². The topological polar surface area (TPSA) is 52.7 Å². The molecule has 0 radical (unpaired) electrons. The van der Waals surface area contributed by atoms with Crippen molar-refractivity contribution in [3.05, 3.63) is 76.5 Å². The lowest BCUT2D eigenvalue weighted by atomic mass is 9.74. The van der Waals surface area contributed by atoms with E-state index in [-0.39, 0.29) is 11.9 Å². The number of rotatable bonds is 7. The van der Waals surface area contributed by atoms with Crippen LogP contribution in [0.25, 0.3) is 6.08 Å². The normalized spacial score (nSPS) is 21.6. The Morgan fingerprint density at radius 1 is 1.08 bits per heavy atom. The van der Waals surface area contributed by atoms with E-state index in [9.17, 15) is 22.8 Å². The summed E-state index contributed by atoms with van der Waals surface area (Å²) in [5.41, 5.74) is 3.07. The lowest BCUT2D eigenvalue weighted by Crippen LogP contribution is -2.53. The van der Waals surface area contributed by atoms with Crippen LogP contribution in [0.1, 0.15) is 66.1 Å². The zero-order valence-corrected chi connectivity index (χ0v) is 21.0. The van der Waals surface area contributed by atoms with Crippen LogP contribution >= 0.6 is 0 Å². The molecule has 0 aromatic heterocycles. The first kappa shape index (κ1) is 25.4. The monoisotopic (exact) mass is 511 g/mol. The van der Waals surface area contributed by atoms with Crippen LogP contribution in [-0.4, -0.2) is 53.5 Å². The molecule has 2 aromatic rings. The summed E-state index contributed by atoms with van der Waals surface area (Å²) >= 11 is 0. The summed E-state index contributed by atoms with van der Waals surface area (Å²) in [7, 11) is 0. The van der Waals surface area contributed by atoms with Crippen LogP contribution in [0.5, 0.6) is 0 Å². The molecular weight excluding hydrogens is 479 g/mol. The van der Waals surface area contributed by atoms with Crippen molar-refractivity contribution >= 4 is 17.9 Å². The number of hydrogen-bond acceptors (Lipinski definition) is 3. The summed E-state index contributed by atoms with van der Waals surface area (Å²) < 4.78 is 39.2. The van der Waals surface area contributed by atoms with Crippen molar-refractivity contribution in [1.82, 2.24) is 15.1 Å². The second-order valence-corrected chi connectivity index (χ2v) is 10.2. The van der Waals surface area contributed by atoms with E-state index in [4.69, 9.17) is 0 Å². The summed E-state index contributed by atoms with van der Waals surface area (Å²) in [6.07, 6.45) is 0.946. The molecule has 2 amide bonds. The summed E-state index contributed by atoms with van der Waals surface area (Å²) in [6.45, 7) is 2.53. The van der Waals surface area contributed by atoms with Gasteiger partial charge >= 0.3 is 6.18 Å². The van der Waals surface area contributed by atoms with Gasteiger partial charge in [0, 0.05) is 36.9 Å². The Hall–Kier alpha value is -3.29. The number of amides is 2. The van der Waals surface area contributed by atoms with Crippen LogP contribution in [0, 0.1) is 0 Å². The summed E-state index contributed by atoms with van der Waals surface area (Å²) in [6, 6.07) is 15.3. The standard InChI is InChI=1S/C29H32F3N3O2/c1-2-3-14-28(27(37)33-19-29(30,31)32)24-11-7-5-8-20(24)17-25(28)34-15-12-22(13-16-34)35-18-21-9-4-6-10-23(21)26(35)36/h4-11,17,22H,2-3,12-16,18-19H2,1H3,(H,33,37). The molecule has 1 aliphatic carbocycles. The number of benzene rings is 2. The lowest BCUT2D eigenvalue weighted by Gasteiger charge is -2.43. The molecule has 2 aliphatic heterocycles. The van der Waals surface area contributed by atoms with E-state index >= 15 is 0 Å². The highest BCUT2D eigenvalue weighted by Crippen LogP contribution is 2.48. The van der Waals surface area contributed by atoms with E-state index in [1.165, 1.54) is 0 Å². The van der Waals surface area contributed by atoms with Gasteiger partial charge in [0.2, 0.25) is 5.91 Å². The number of hydrogen-bond donors (Lipinski definition) is 1. The van der Waals surface area contributed by atoms with Gasteiger partial charge in [0.15, 0.2) is 0 Å². The third-order valence-corrected chi connectivity index (χ3v) is 7.99. The van der Waals surface area contributed by atoms with Crippen molar-refractivity contribution in [2.75, 3.05) is 19.6 Å². The molecule has 1 N–H and O–H groups in total. The molecule has 0 spiro atoms. The van der Waals surface area contributed by atoms with Crippen molar-refractivity contribution in [3.8, 4) is 0 Å². The van der Waals surface area contributed by atoms with Gasteiger partial charge in [-0.2, -0.15) is 13.2 Å². The van der Waals surface area contributed by atoms with Gasteiger partial charge in [0.25, 0.3) is 5.91 Å². The van der Waals surface area contributed by atoms with E-state index in [0.29, 0.717) is 32.5 Å². The van der Waals surface area contributed by atoms with Gasteiger partial charge in [-0.15, -0.1) is 0 Å². The molecule has 1 saturated heterocycles. The average Bonchev–Trinajstić information content (AvgIpc) is 3.41. The third kappa shape index (κ3) is 4.62. The smallest absolute Gasteiger partial charge is 0.373 e. The van der Waals surface area contributed by atoms with Gasteiger partial charge in [-0.25, -0.2) is 0 Å². The fourth-order valence-corrected chi connectivity index (χ4v) is 6.16. The van der Waals surface area contributed by atoms with Gasteiger partial charge in [0.1, 0.15) is 12.0 Å². The van der Waals surface area contributed by atoms with Crippen molar-refractivity contribution in [3.63, 3.8) is 0 Å². The number of carbonyl (C=O) groups is 2. The first-order valence-electron chi connectivity index (χ1n) is 13.0. The Labute approximate surface area is 215 Å². The number of unbranched alkanes of at least 4 members (excludes halogenated alkanes) is 1. The quantitative estimate of drug-likeness (QED) is 0.551. The summed E-state index contributed by atoms with van der Waals surface area (Å²) in [4.78, 5) is 30.8. The largest absolute Gasteiger partial charge is 0.405 e. The molecule has 1 fully saturated rings. The molecule has 2 aromatic carbocycles. The Morgan fingerprint density at radius 2 is 1.78 bits per heavy atom.